The van der Waals surface area contributed by atoms with E-state index in [-0.39, 0.29) is 17.6 Å². The highest BCUT2D eigenvalue weighted by Gasteiger charge is 2.54. The van der Waals surface area contributed by atoms with E-state index in [9.17, 15) is 0 Å². The van der Waals surface area contributed by atoms with Crippen LogP contribution < -0.4 is 10.5 Å². The Kier molecular flexibility index (Phi) is 4.49. The molecule has 6 rings (SSSR count). The van der Waals surface area contributed by atoms with E-state index in [1.54, 1.807) is 18.1 Å². The van der Waals surface area contributed by atoms with Crippen LogP contribution in [0.3, 0.4) is 0 Å². The summed E-state index contributed by atoms with van der Waals surface area (Å²) in [6.07, 6.45) is 11.4. The van der Waals surface area contributed by atoms with Gasteiger partial charge in [0.1, 0.15) is 23.7 Å². The minimum Gasteiger partial charge on any atom is -0.490 e. The van der Waals surface area contributed by atoms with Crippen LogP contribution in [-0.4, -0.2) is 39.7 Å². The standard InChI is InChI=1S/C23H26N4O2S/c24-22-27-23(12-30-22)18-7-15(16-9-25-13-26-10-16)3-5-20(18)29-21-6-4-17(8-19(21)23)28-11-14-1-2-14/h3,5,7,9-10,13-14,17,19,21H,1-2,4,6,8,11-12H2,(H2,24,27)/t17-,19+,21?,23-/m1/s1. The third kappa shape index (κ3) is 3.19. The van der Waals surface area contributed by atoms with Crippen LogP contribution in [0.25, 0.3) is 11.1 Å². The highest BCUT2D eigenvalue weighted by Crippen LogP contribution is 2.55. The van der Waals surface area contributed by atoms with Crippen LogP contribution in [0.1, 0.15) is 37.7 Å². The zero-order valence-corrected chi connectivity index (χ0v) is 17.7. The molecule has 0 saturated heterocycles. The third-order valence-electron chi connectivity index (χ3n) is 6.98. The van der Waals surface area contributed by atoms with Gasteiger partial charge >= 0.3 is 0 Å². The summed E-state index contributed by atoms with van der Waals surface area (Å²) in [6.45, 7) is 0.908. The van der Waals surface area contributed by atoms with Crippen LogP contribution in [0.5, 0.6) is 5.75 Å². The maximum absolute atomic E-state index is 6.53. The van der Waals surface area contributed by atoms with Crippen molar-refractivity contribution in [1.82, 2.24) is 9.97 Å². The summed E-state index contributed by atoms with van der Waals surface area (Å²) in [5, 5.41) is 0.677. The molecule has 1 aromatic carbocycles. The number of nitrogens with zero attached hydrogens (tertiary/aromatic N) is 3. The van der Waals surface area contributed by atoms with Crippen molar-refractivity contribution in [3.63, 3.8) is 0 Å². The first-order valence-corrected chi connectivity index (χ1v) is 11.9. The Morgan fingerprint density at radius 3 is 2.77 bits per heavy atom. The maximum Gasteiger partial charge on any atom is 0.154 e. The predicted molar refractivity (Wildman–Crippen MR) is 117 cm³/mol. The molecule has 0 bridgehead atoms. The maximum atomic E-state index is 6.53. The Morgan fingerprint density at radius 2 is 2.00 bits per heavy atom. The number of hydrogen-bond donors (Lipinski definition) is 1. The van der Waals surface area contributed by atoms with Crippen molar-refractivity contribution in [2.24, 2.45) is 22.6 Å². The van der Waals surface area contributed by atoms with Gasteiger partial charge in [0.25, 0.3) is 0 Å². The van der Waals surface area contributed by atoms with E-state index in [0.29, 0.717) is 11.3 Å². The number of rotatable bonds is 4. The smallest absolute Gasteiger partial charge is 0.154 e. The van der Waals surface area contributed by atoms with E-state index in [4.69, 9.17) is 20.2 Å². The van der Waals surface area contributed by atoms with Gasteiger partial charge in [-0.25, -0.2) is 15.0 Å². The topological polar surface area (TPSA) is 82.6 Å². The Bertz CT molecular complexity index is 980. The van der Waals surface area contributed by atoms with Crippen molar-refractivity contribution < 1.29 is 9.47 Å². The van der Waals surface area contributed by atoms with Gasteiger partial charge in [-0.2, -0.15) is 0 Å². The molecule has 3 heterocycles. The summed E-state index contributed by atoms with van der Waals surface area (Å²) >= 11 is 1.66. The van der Waals surface area contributed by atoms with Crippen molar-refractivity contribution in [2.75, 3.05) is 12.4 Å². The van der Waals surface area contributed by atoms with Crippen LogP contribution in [0.15, 0.2) is 41.9 Å². The monoisotopic (exact) mass is 422 g/mol. The fourth-order valence-electron chi connectivity index (χ4n) is 5.19. The first-order chi connectivity index (χ1) is 14.7. The Balaban J connectivity index is 1.38. The lowest BCUT2D eigenvalue weighted by Gasteiger charge is -2.48. The van der Waals surface area contributed by atoms with Gasteiger partial charge < -0.3 is 15.2 Å². The minimum absolute atomic E-state index is 0.166. The van der Waals surface area contributed by atoms with Gasteiger partial charge in [-0.3, -0.25) is 0 Å². The fraction of sp³-hybridized carbons (Fsp3) is 0.522. The van der Waals surface area contributed by atoms with Crippen molar-refractivity contribution in [3.05, 3.63) is 42.5 Å². The molecule has 30 heavy (non-hydrogen) atoms. The molecule has 2 saturated carbocycles. The highest BCUT2D eigenvalue weighted by atomic mass is 32.2. The van der Waals surface area contributed by atoms with E-state index in [0.717, 1.165) is 60.0 Å². The van der Waals surface area contributed by atoms with Crippen molar-refractivity contribution in [3.8, 4) is 16.9 Å². The first-order valence-electron chi connectivity index (χ1n) is 10.9. The van der Waals surface area contributed by atoms with Gasteiger partial charge in [0, 0.05) is 41.8 Å². The number of thioether (sulfide) groups is 1. The largest absolute Gasteiger partial charge is 0.490 e. The Labute approximate surface area is 180 Å². The van der Waals surface area contributed by atoms with Crippen molar-refractivity contribution >= 4 is 16.9 Å². The van der Waals surface area contributed by atoms with Gasteiger partial charge in [-0.15, -0.1) is 0 Å². The van der Waals surface area contributed by atoms with E-state index in [1.165, 1.54) is 12.8 Å². The number of aliphatic imine (C=N–C) groups is 1. The first kappa shape index (κ1) is 18.6. The second-order valence-electron chi connectivity index (χ2n) is 8.98. The molecule has 0 radical (unpaired) electrons. The van der Waals surface area contributed by atoms with Crippen LogP contribution >= 0.6 is 11.8 Å². The second-order valence-corrected chi connectivity index (χ2v) is 9.97. The number of amidine groups is 1. The SMILES string of the molecule is NC1=N[C@]2(CS1)c1cc(-c3cncnc3)ccc1OC1CC[C@@H](OCC3CC3)C[C@@H]12. The van der Waals surface area contributed by atoms with E-state index >= 15 is 0 Å². The molecule has 1 unspecified atom stereocenters. The van der Waals surface area contributed by atoms with Gasteiger partial charge in [0.2, 0.25) is 0 Å². The average molecular weight is 423 g/mol. The number of aromatic nitrogens is 2. The molecule has 4 atom stereocenters. The number of fused-ring (bicyclic) bond motifs is 4. The molecule has 0 amide bonds. The van der Waals surface area contributed by atoms with Gasteiger partial charge in [0.05, 0.1) is 6.10 Å². The van der Waals surface area contributed by atoms with Crippen molar-refractivity contribution in [2.45, 2.75) is 49.9 Å². The third-order valence-corrected chi connectivity index (χ3v) is 7.96. The van der Waals surface area contributed by atoms with Gasteiger partial charge in [0.15, 0.2) is 5.17 Å². The average Bonchev–Trinajstić information content (AvgIpc) is 3.54. The fourth-order valence-corrected chi connectivity index (χ4v) is 6.22. The molecule has 7 heteroatoms. The van der Waals surface area contributed by atoms with E-state index in [1.807, 2.05) is 12.4 Å². The summed E-state index contributed by atoms with van der Waals surface area (Å²) in [5.74, 6) is 2.86. The summed E-state index contributed by atoms with van der Waals surface area (Å²) in [5.41, 5.74) is 9.10. The minimum atomic E-state index is -0.347. The molecule has 156 valence electrons. The normalized spacial score (nSPS) is 32.3. The molecule has 2 N–H and O–H groups in total. The van der Waals surface area contributed by atoms with Crippen LogP contribution in [-0.2, 0) is 10.3 Å². The lowest BCUT2D eigenvalue weighted by atomic mass is 9.67. The van der Waals surface area contributed by atoms with E-state index < -0.39 is 0 Å². The summed E-state index contributed by atoms with van der Waals surface area (Å²) in [4.78, 5) is 13.4. The quantitative estimate of drug-likeness (QED) is 0.808. The molecule has 2 aliphatic carbocycles. The van der Waals surface area contributed by atoms with Gasteiger partial charge in [-0.05, 0) is 55.7 Å². The molecule has 1 spiro atoms. The molecule has 2 fully saturated rings. The van der Waals surface area contributed by atoms with E-state index in [2.05, 4.69) is 28.2 Å². The molecule has 4 aliphatic rings. The molecule has 2 aliphatic heterocycles. The lowest BCUT2D eigenvalue weighted by molar-refractivity contribution is -0.0564. The number of benzene rings is 1. The lowest BCUT2D eigenvalue weighted by Crippen LogP contribution is -2.51. The number of nitrogens with two attached hydrogens (primary N) is 1. The van der Waals surface area contributed by atoms with Crippen LogP contribution in [0, 0.1) is 11.8 Å². The number of hydrogen-bond acceptors (Lipinski definition) is 7. The zero-order valence-electron chi connectivity index (χ0n) is 16.9. The molecule has 2 aromatic rings. The summed E-state index contributed by atoms with van der Waals surface area (Å²) in [7, 11) is 0. The van der Waals surface area contributed by atoms with Gasteiger partial charge in [-0.1, -0.05) is 17.8 Å². The Morgan fingerprint density at radius 1 is 1.13 bits per heavy atom. The Hall–Kier alpha value is -2.12. The summed E-state index contributed by atoms with van der Waals surface area (Å²) in [6, 6.07) is 6.38. The van der Waals surface area contributed by atoms with Crippen LogP contribution in [0.2, 0.25) is 0 Å². The zero-order chi connectivity index (χ0) is 20.1. The van der Waals surface area contributed by atoms with Crippen LogP contribution in [0.4, 0.5) is 0 Å². The highest BCUT2D eigenvalue weighted by molar-refractivity contribution is 8.14. The van der Waals surface area contributed by atoms with Crippen molar-refractivity contribution in [1.29, 1.82) is 0 Å². The second kappa shape index (κ2) is 7.24. The number of ether oxygens (including phenoxy) is 2. The molecule has 1 aromatic heterocycles. The predicted octanol–water partition coefficient (Wildman–Crippen LogP) is 3.76. The summed E-state index contributed by atoms with van der Waals surface area (Å²) < 4.78 is 12.8. The molecule has 6 nitrogen and oxygen atoms in total. The molecular formula is C23H26N4O2S. The molecular weight excluding hydrogens is 396 g/mol.